The minimum Gasteiger partial charge on any atom is -0.462 e. The third kappa shape index (κ3) is 67.2. The lowest BCUT2D eigenvalue weighted by Gasteiger charge is -2.18. The van der Waals surface area contributed by atoms with Crippen molar-refractivity contribution in [1.82, 2.24) is 0 Å². The van der Waals surface area contributed by atoms with E-state index in [0.717, 1.165) is 148 Å². The van der Waals surface area contributed by atoms with Crippen molar-refractivity contribution in [2.45, 2.75) is 271 Å². The third-order valence-corrected chi connectivity index (χ3v) is 13.4. The first-order valence-corrected chi connectivity index (χ1v) is 33.3. The van der Waals surface area contributed by atoms with Crippen molar-refractivity contribution in [3.63, 3.8) is 0 Å². The van der Waals surface area contributed by atoms with E-state index in [1.54, 1.807) is 6.08 Å². The summed E-state index contributed by atoms with van der Waals surface area (Å²) in [5, 5.41) is 0. The fourth-order valence-electron chi connectivity index (χ4n) is 8.57. The molecule has 6 heteroatoms. The van der Waals surface area contributed by atoms with E-state index in [4.69, 9.17) is 14.2 Å². The molecule has 1 unspecified atom stereocenters. The van der Waals surface area contributed by atoms with Crippen molar-refractivity contribution in [1.29, 1.82) is 0 Å². The van der Waals surface area contributed by atoms with E-state index < -0.39 is 12.1 Å². The molecule has 0 bridgehead atoms. The smallest absolute Gasteiger partial charge is 0.309 e. The fraction of sp³-hybridized carbons (Fsp3) is 0.571. The minimum absolute atomic E-state index is 0.116. The molecule has 0 amide bonds. The number of hydrogen-bond acceptors (Lipinski definition) is 6. The number of carbonyl (C=O) groups is 3. The van der Waals surface area contributed by atoms with E-state index in [1.165, 1.54) is 77.0 Å². The van der Waals surface area contributed by atoms with Crippen LogP contribution in [-0.2, 0) is 28.6 Å². The summed E-state index contributed by atoms with van der Waals surface area (Å²) in [5.74, 6) is -1.07. The first-order valence-electron chi connectivity index (χ1n) is 33.3. The van der Waals surface area contributed by atoms with Crippen LogP contribution in [0, 0.1) is 0 Å². The van der Waals surface area contributed by atoms with Gasteiger partial charge in [0.2, 0.25) is 0 Å². The highest BCUT2D eigenvalue weighted by atomic mass is 16.6. The van der Waals surface area contributed by atoms with Gasteiger partial charge in [0.1, 0.15) is 13.2 Å². The topological polar surface area (TPSA) is 78.9 Å². The number of carbonyl (C=O) groups excluding carboxylic acids is 3. The molecular weight excluding hydrogens is 1020 g/mol. The Labute approximate surface area is 510 Å². The molecule has 0 aliphatic rings. The van der Waals surface area contributed by atoms with Crippen LogP contribution in [-0.4, -0.2) is 37.2 Å². The molecule has 0 spiro atoms. The van der Waals surface area contributed by atoms with Crippen LogP contribution < -0.4 is 0 Å². The summed E-state index contributed by atoms with van der Waals surface area (Å²) >= 11 is 0. The lowest BCUT2D eigenvalue weighted by atomic mass is 10.1. The van der Waals surface area contributed by atoms with Crippen LogP contribution in [0.2, 0.25) is 0 Å². The zero-order chi connectivity index (χ0) is 59.9. The zero-order valence-electron chi connectivity index (χ0n) is 53.1. The van der Waals surface area contributed by atoms with Crippen LogP contribution in [0.1, 0.15) is 265 Å². The molecule has 0 aliphatic carbocycles. The van der Waals surface area contributed by atoms with Crippen LogP contribution in [0.15, 0.2) is 182 Å². The van der Waals surface area contributed by atoms with Gasteiger partial charge < -0.3 is 14.2 Å². The predicted molar refractivity (Wildman–Crippen MR) is 361 cm³/mol. The highest BCUT2D eigenvalue weighted by Crippen LogP contribution is 2.15. The lowest BCUT2D eigenvalue weighted by Crippen LogP contribution is -2.30. The molecule has 464 valence electrons. The highest BCUT2D eigenvalue weighted by Gasteiger charge is 2.19. The van der Waals surface area contributed by atoms with Crippen molar-refractivity contribution in [3.8, 4) is 0 Å². The maximum Gasteiger partial charge on any atom is 0.309 e. The number of esters is 3. The summed E-state index contributed by atoms with van der Waals surface area (Å²) in [6.45, 7) is 6.20. The molecular formula is C77H120O6. The Kier molecular flexibility index (Phi) is 64.4. The van der Waals surface area contributed by atoms with Gasteiger partial charge in [-0.15, -0.1) is 0 Å². The van der Waals surface area contributed by atoms with Crippen molar-refractivity contribution >= 4 is 17.9 Å². The highest BCUT2D eigenvalue weighted by molar-refractivity contribution is 5.72. The number of allylic oxidation sites excluding steroid dienone is 29. The number of unbranched alkanes of at least 4 members (excludes halogenated alkanes) is 18. The fourth-order valence-corrected chi connectivity index (χ4v) is 8.57. The van der Waals surface area contributed by atoms with Gasteiger partial charge in [0.25, 0.3) is 0 Å². The van der Waals surface area contributed by atoms with E-state index in [-0.39, 0.29) is 31.6 Å². The quantitative estimate of drug-likeness (QED) is 0.0261. The Balaban J connectivity index is 4.44. The van der Waals surface area contributed by atoms with Crippen LogP contribution in [0.25, 0.3) is 0 Å². The Morgan fingerprint density at radius 2 is 0.482 bits per heavy atom. The molecule has 0 aliphatic heterocycles. The normalized spacial score (nSPS) is 13.3. The summed E-state index contributed by atoms with van der Waals surface area (Å²) in [6, 6.07) is 0. The number of rotatable bonds is 58. The Morgan fingerprint density at radius 3 is 0.783 bits per heavy atom. The molecule has 1 atom stereocenters. The van der Waals surface area contributed by atoms with E-state index >= 15 is 0 Å². The van der Waals surface area contributed by atoms with Crippen molar-refractivity contribution < 1.29 is 28.6 Å². The van der Waals surface area contributed by atoms with Gasteiger partial charge in [-0.05, 0) is 135 Å². The molecule has 0 saturated carbocycles. The lowest BCUT2D eigenvalue weighted by molar-refractivity contribution is -0.166. The molecule has 0 saturated heterocycles. The molecule has 0 aromatic carbocycles. The molecule has 0 N–H and O–H groups in total. The second kappa shape index (κ2) is 69.0. The van der Waals surface area contributed by atoms with E-state index in [0.29, 0.717) is 12.8 Å². The first kappa shape index (κ1) is 77.5. The van der Waals surface area contributed by atoms with Gasteiger partial charge in [0, 0.05) is 12.8 Å². The van der Waals surface area contributed by atoms with Crippen molar-refractivity contribution in [2.24, 2.45) is 0 Å². The average Bonchev–Trinajstić information content (AvgIpc) is 3.49. The zero-order valence-corrected chi connectivity index (χ0v) is 53.1. The summed E-state index contributed by atoms with van der Waals surface area (Å²) < 4.78 is 16.8. The maximum absolute atomic E-state index is 12.9. The molecule has 0 rings (SSSR count). The summed E-state index contributed by atoms with van der Waals surface area (Å²) in [6.07, 6.45) is 104. The molecule has 6 nitrogen and oxygen atoms in total. The van der Waals surface area contributed by atoms with Crippen molar-refractivity contribution in [3.05, 3.63) is 182 Å². The van der Waals surface area contributed by atoms with E-state index in [9.17, 15) is 14.4 Å². The standard InChI is InChI=1S/C77H120O6/c1-4-7-10-13-16-19-22-25-28-30-32-34-35-36-37-38-39-40-41-43-44-46-49-52-55-58-61-64-67-70-76(79)82-73-74(72-81-75(78)69-66-63-60-57-54-51-48-27-24-21-18-15-12-9-6-3)83-77(80)71-68-65-62-59-56-53-50-47-45-42-33-31-29-26-23-20-17-14-11-8-5-2/h7-12,16-21,25-29,32-34,36-37,39-40,42,48,54,57,63,66,74H,4-6,13-15,22-24,30-31,35,38,41,43-47,49-53,55-56,58-62,64-65,67-73H2,1-3H3/b10-7-,11-8-,12-9-,19-16-,20-17-,21-18-,28-25-,29-26-,34-32-,37-36-,40-39-,42-33-,48-27-,57-54-,66-63-. The second-order valence-corrected chi connectivity index (χ2v) is 21.2. The molecule has 0 heterocycles. The van der Waals surface area contributed by atoms with Gasteiger partial charge >= 0.3 is 17.9 Å². The first-order chi connectivity index (χ1) is 41.0. The Morgan fingerprint density at radius 1 is 0.253 bits per heavy atom. The third-order valence-electron chi connectivity index (χ3n) is 13.4. The largest absolute Gasteiger partial charge is 0.462 e. The maximum atomic E-state index is 12.9. The van der Waals surface area contributed by atoms with Gasteiger partial charge in [-0.2, -0.15) is 0 Å². The predicted octanol–water partition coefficient (Wildman–Crippen LogP) is 23.2. The van der Waals surface area contributed by atoms with Gasteiger partial charge in [-0.25, -0.2) is 0 Å². The number of hydrogen-bond donors (Lipinski definition) is 0. The second-order valence-electron chi connectivity index (χ2n) is 21.2. The van der Waals surface area contributed by atoms with Crippen LogP contribution in [0.5, 0.6) is 0 Å². The van der Waals surface area contributed by atoms with Crippen molar-refractivity contribution in [2.75, 3.05) is 13.2 Å². The van der Waals surface area contributed by atoms with Crippen LogP contribution in [0.4, 0.5) is 0 Å². The summed E-state index contributed by atoms with van der Waals surface area (Å²) in [4.78, 5) is 38.3. The summed E-state index contributed by atoms with van der Waals surface area (Å²) in [5.41, 5.74) is 0. The molecule has 0 aromatic heterocycles. The van der Waals surface area contributed by atoms with Gasteiger partial charge in [-0.1, -0.05) is 293 Å². The van der Waals surface area contributed by atoms with E-state index in [2.05, 4.69) is 191 Å². The van der Waals surface area contributed by atoms with Crippen LogP contribution >= 0.6 is 0 Å². The average molecular weight is 1140 g/mol. The number of ether oxygens (including phenoxy) is 3. The molecule has 83 heavy (non-hydrogen) atoms. The van der Waals surface area contributed by atoms with Gasteiger partial charge in [0.15, 0.2) is 6.10 Å². The monoisotopic (exact) mass is 1140 g/mol. The molecule has 0 aromatic rings. The minimum atomic E-state index is -0.836. The van der Waals surface area contributed by atoms with Gasteiger partial charge in [-0.3, -0.25) is 14.4 Å². The Bertz CT molecular complexity index is 1940. The molecule has 0 radical (unpaired) electrons. The van der Waals surface area contributed by atoms with Crippen LogP contribution in [0.3, 0.4) is 0 Å². The SMILES string of the molecule is CC/C=C\C/C=C\C/C=C\C/C=C\C/C=C\C/C=C\CCCCCCCCCCCCC(=O)OCC(COC(=O)C/C=C\C/C=C\C/C=C\C/C=C\C/C=C\CC)OC(=O)CCCCCCCCCC/C=C\C/C=C\C/C=C\C/C=C\CC. The summed E-state index contributed by atoms with van der Waals surface area (Å²) in [7, 11) is 0. The Hall–Kier alpha value is -5.49. The molecule has 0 fully saturated rings. The van der Waals surface area contributed by atoms with Gasteiger partial charge in [0.05, 0.1) is 6.42 Å². The van der Waals surface area contributed by atoms with E-state index in [1.807, 2.05) is 6.08 Å².